The lowest BCUT2D eigenvalue weighted by Gasteiger charge is -2.02. The van der Waals surface area contributed by atoms with Crippen LogP contribution in [0, 0.1) is 0 Å². The molecule has 1 atom stereocenters. The van der Waals surface area contributed by atoms with Crippen LogP contribution in [0.3, 0.4) is 0 Å². The molecule has 0 aromatic rings. The van der Waals surface area contributed by atoms with Crippen molar-refractivity contribution in [3.63, 3.8) is 0 Å². The molecule has 0 bridgehead atoms. The molecular weight excluding hydrogens is 176 g/mol. The summed E-state index contributed by atoms with van der Waals surface area (Å²) in [5, 5.41) is 25.1. The van der Waals surface area contributed by atoms with Gasteiger partial charge in [-0.2, -0.15) is 0 Å². The van der Waals surface area contributed by atoms with Gasteiger partial charge in [0.05, 0.1) is 6.61 Å². The Labute approximate surface area is 66.0 Å². The van der Waals surface area contributed by atoms with Crippen molar-refractivity contribution in [2.75, 3.05) is 12.4 Å². The minimum absolute atomic E-state index is 0.0677. The van der Waals surface area contributed by atoms with Gasteiger partial charge in [-0.05, 0) is 0 Å². The van der Waals surface area contributed by atoms with Crippen molar-refractivity contribution in [1.29, 1.82) is 0 Å². The van der Waals surface area contributed by atoms with Crippen molar-refractivity contribution in [1.82, 2.24) is 0 Å². The van der Waals surface area contributed by atoms with Crippen LogP contribution < -0.4 is 0 Å². The molecule has 0 amide bonds. The van der Waals surface area contributed by atoms with Crippen LogP contribution in [0.1, 0.15) is 0 Å². The molecule has 1 unspecified atom stereocenters. The molecule has 0 rings (SSSR count). The first-order valence-electron chi connectivity index (χ1n) is 2.46. The maximum Gasteiger partial charge on any atom is 0.314 e. The standard InChI is InChI=1S/C4H8O4S2/c5-1-4(8)10-9-2-3(6)7/h4-5,8H,1-2H2,(H,6,7). The topological polar surface area (TPSA) is 77.8 Å². The molecule has 0 heterocycles. The quantitative estimate of drug-likeness (QED) is 0.404. The van der Waals surface area contributed by atoms with E-state index in [9.17, 15) is 4.79 Å². The van der Waals surface area contributed by atoms with E-state index < -0.39 is 11.4 Å². The van der Waals surface area contributed by atoms with Gasteiger partial charge in [-0.1, -0.05) is 21.6 Å². The Bertz CT molecular complexity index is 107. The van der Waals surface area contributed by atoms with E-state index in [4.69, 9.17) is 15.3 Å². The first kappa shape index (κ1) is 10.1. The molecule has 0 saturated heterocycles. The molecular formula is C4H8O4S2. The monoisotopic (exact) mass is 184 g/mol. The Morgan fingerprint density at radius 1 is 1.60 bits per heavy atom. The maximum atomic E-state index is 9.89. The van der Waals surface area contributed by atoms with Gasteiger partial charge in [0.2, 0.25) is 0 Å². The summed E-state index contributed by atoms with van der Waals surface area (Å²) in [6.07, 6.45) is 0. The maximum absolute atomic E-state index is 9.89. The van der Waals surface area contributed by atoms with E-state index in [2.05, 4.69) is 0 Å². The van der Waals surface area contributed by atoms with Gasteiger partial charge in [0, 0.05) is 0 Å². The van der Waals surface area contributed by atoms with E-state index >= 15 is 0 Å². The second-order valence-corrected chi connectivity index (χ2v) is 3.93. The minimum atomic E-state index is -0.928. The molecule has 6 heteroatoms. The zero-order valence-corrected chi connectivity index (χ0v) is 6.69. The van der Waals surface area contributed by atoms with Crippen molar-refractivity contribution in [3.05, 3.63) is 0 Å². The first-order valence-corrected chi connectivity index (χ1v) is 4.84. The third-order valence-corrected chi connectivity index (χ3v) is 2.82. The molecule has 0 saturated carbocycles. The predicted octanol–water partition coefficient (Wildman–Crippen LogP) is -0.237. The molecule has 0 aliphatic carbocycles. The highest BCUT2D eigenvalue weighted by atomic mass is 33.1. The number of aliphatic hydroxyl groups is 2. The van der Waals surface area contributed by atoms with Crippen LogP contribution in [0.2, 0.25) is 0 Å². The second-order valence-electron chi connectivity index (χ2n) is 1.39. The number of rotatable bonds is 5. The second kappa shape index (κ2) is 5.84. The Morgan fingerprint density at radius 3 is 2.60 bits per heavy atom. The van der Waals surface area contributed by atoms with Gasteiger partial charge in [0.25, 0.3) is 0 Å². The number of aliphatic carboxylic acids is 1. The lowest BCUT2D eigenvalue weighted by atomic mass is 10.8. The number of carbonyl (C=O) groups is 1. The fourth-order valence-electron chi connectivity index (χ4n) is 0.193. The van der Waals surface area contributed by atoms with E-state index in [0.717, 1.165) is 21.6 Å². The van der Waals surface area contributed by atoms with Crippen molar-refractivity contribution in [3.8, 4) is 0 Å². The summed E-state index contributed by atoms with van der Waals surface area (Å²) in [5.41, 5.74) is -0.885. The van der Waals surface area contributed by atoms with Crippen molar-refractivity contribution < 1.29 is 20.1 Å². The van der Waals surface area contributed by atoms with Crippen molar-refractivity contribution >= 4 is 27.6 Å². The van der Waals surface area contributed by atoms with Crippen LogP contribution in [0.25, 0.3) is 0 Å². The Balaban J connectivity index is 3.11. The van der Waals surface area contributed by atoms with Crippen LogP contribution in [-0.2, 0) is 4.79 Å². The van der Waals surface area contributed by atoms with Crippen LogP contribution in [0.5, 0.6) is 0 Å². The highest BCUT2D eigenvalue weighted by Crippen LogP contribution is 2.24. The summed E-state index contributed by atoms with van der Waals surface area (Å²) >= 11 is 0. The molecule has 0 radical (unpaired) electrons. The normalized spacial score (nSPS) is 13.0. The summed E-state index contributed by atoms with van der Waals surface area (Å²) in [6.45, 7) is -0.350. The Hall–Kier alpha value is 0.0900. The van der Waals surface area contributed by atoms with E-state index in [0.29, 0.717) is 0 Å². The SMILES string of the molecule is O=C(O)CSSC(O)CO. The zero-order valence-electron chi connectivity index (χ0n) is 5.06. The first-order chi connectivity index (χ1) is 4.66. The lowest BCUT2D eigenvalue weighted by molar-refractivity contribution is -0.133. The molecule has 0 aliphatic heterocycles. The number of hydrogen-bond acceptors (Lipinski definition) is 5. The number of carboxylic acids is 1. The fourth-order valence-corrected chi connectivity index (χ4v) is 1.74. The highest BCUT2D eigenvalue weighted by molar-refractivity contribution is 8.77. The van der Waals surface area contributed by atoms with Crippen LogP contribution in [0.4, 0.5) is 0 Å². The zero-order chi connectivity index (χ0) is 7.98. The van der Waals surface area contributed by atoms with Crippen molar-refractivity contribution in [2.45, 2.75) is 5.44 Å². The third kappa shape index (κ3) is 6.21. The van der Waals surface area contributed by atoms with Crippen LogP contribution in [-0.4, -0.2) is 39.1 Å². The molecule has 3 N–H and O–H groups in total. The molecule has 0 fully saturated rings. The average Bonchev–Trinajstić information content (AvgIpc) is 1.87. The van der Waals surface area contributed by atoms with Gasteiger partial charge in [-0.25, -0.2) is 0 Å². The molecule has 60 valence electrons. The number of hydrogen-bond donors (Lipinski definition) is 3. The van der Waals surface area contributed by atoms with Gasteiger partial charge in [-0.15, -0.1) is 0 Å². The average molecular weight is 184 g/mol. The molecule has 10 heavy (non-hydrogen) atoms. The van der Waals surface area contributed by atoms with E-state index in [1.807, 2.05) is 0 Å². The van der Waals surface area contributed by atoms with Crippen molar-refractivity contribution in [2.24, 2.45) is 0 Å². The number of aliphatic hydroxyl groups excluding tert-OH is 2. The predicted molar refractivity (Wildman–Crippen MR) is 40.8 cm³/mol. The summed E-state index contributed by atoms with van der Waals surface area (Å²) in [4.78, 5) is 9.89. The molecule has 4 nitrogen and oxygen atoms in total. The van der Waals surface area contributed by atoms with E-state index in [1.165, 1.54) is 0 Å². The molecule has 0 aliphatic rings. The largest absolute Gasteiger partial charge is 0.481 e. The fraction of sp³-hybridized carbons (Fsp3) is 0.750. The minimum Gasteiger partial charge on any atom is -0.481 e. The summed E-state index contributed by atoms with van der Waals surface area (Å²) in [6, 6.07) is 0. The van der Waals surface area contributed by atoms with Gasteiger partial charge in [-0.3, -0.25) is 4.79 Å². The van der Waals surface area contributed by atoms with Gasteiger partial charge >= 0.3 is 5.97 Å². The molecule has 0 aromatic carbocycles. The van der Waals surface area contributed by atoms with E-state index in [-0.39, 0.29) is 12.4 Å². The summed E-state index contributed by atoms with van der Waals surface area (Å²) < 4.78 is 0. The van der Waals surface area contributed by atoms with Gasteiger partial charge in [0.1, 0.15) is 11.2 Å². The Morgan fingerprint density at radius 2 is 2.20 bits per heavy atom. The Kier molecular flexibility index (Phi) is 5.90. The van der Waals surface area contributed by atoms with Crippen LogP contribution >= 0.6 is 21.6 Å². The van der Waals surface area contributed by atoms with Gasteiger partial charge in [0.15, 0.2) is 0 Å². The summed E-state index contributed by atoms with van der Waals surface area (Å²) in [5.74, 6) is -0.996. The highest BCUT2D eigenvalue weighted by Gasteiger charge is 2.04. The van der Waals surface area contributed by atoms with Crippen LogP contribution in [0.15, 0.2) is 0 Å². The summed E-state index contributed by atoms with van der Waals surface area (Å²) in [7, 11) is 1.95. The molecule has 0 aromatic heterocycles. The number of carboxylic acid groups (broad SMARTS) is 1. The molecule has 0 spiro atoms. The lowest BCUT2D eigenvalue weighted by Crippen LogP contribution is -2.05. The van der Waals surface area contributed by atoms with E-state index in [1.54, 1.807) is 0 Å². The smallest absolute Gasteiger partial charge is 0.314 e. The van der Waals surface area contributed by atoms with Gasteiger partial charge < -0.3 is 15.3 Å². The third-order valence-electron chi connectivity index (χ3n) is 0.518.